The molecule has 0 aromatic heterocycles. The number of rotatable bonds is 8. The molecular formula is C23H24BrNO5. The minimum absolute atomic E-state index is 0.116. The molecule has 0 fully saturated rings. The third kappa shape index (κ3) is 5.30. The molecule has 0 aliphatic rings. The van der Waals surface area contributed by atoms with Crippen molar-refractivity contribution in [1.82, 2.24) is 0 Å². The molecule has 0 bridgehead atoms. The number of amides is 1. The van der Waals surface area contributed by atoms with Crippen molar-refractivity contribution in [3.63, 3.8) is 0 Å². The molecule has 3 aromatic rings. The third-order valence-corrected chi connectivity index (χ3v) is 5.23. The number of fused-ring (bicyclic) bond motifs is 1. The fourth-order valence-electron chi connectivity index (χ4n) is 3.35. The SMILES string of the molecule is CCO[C@H](CCO)[C@H](OC(=O)Nc1ccc(Br)cc1)c1ccc(O)c2ccccc12. The van der Waals surface area contributed by atoms with Crippen LogP contribution < -0.4 is 5.32 Å². The lowest BCUT2D eigenvalue weighted by Gasteiger charge is -2.28. The highest BCUT2D eigenvalue weighted by molar-refractivity contribution is 9.10. The Kier molecular flexibility index (Phi) is 7.68. The van der Waals surface area contributed by atoms with Crippen LogP contribution in [-0.4, -0.2) is 35.6 Å². The van der Waals surface area contributed by atoms with Crippen molar-refractivity contribution in [2.75, 3.05) is 18.5 Å². The smallest absolute Gasteiger partial charge is 0.412 e. The third-order valence-electron chi connectivity index (χ3n) is 4.70. The second-order valence-electron chi connectivity index (χ2n) is 6.68. The van der Waals surface area contributed by atoms with Gasteiger partial charge in [0.25, 0.3) is 0 Å². The normalized spacial score (nSPS) is 13.0. The molecule has 0 radical (unpaired) electrons. The highest BCUT2D eigenvalue weighted by Gasteiger charge is 2.29. The average molecular weight is 474 g/mol. The van der Waals surface area contributed by atoms with E-state index < -0.39 is 18.3 Å². The number of carbonyl (C=O) groups is 1. The van der Waals surface area contributed by atoms with Gasteiger partial charge in [0, 0.05) is 40.7 Å². The standard InChI is InChI=1S/C23H24BrNO5/c1-2-29-21(13-14-26)22(30-23(28)25-16-9-7-15(24)8-10-16)19-11-12-20(27)18-6-4-3-5-17(18)19/h3-12,21-22,26-27H,2,13-14H2,1H3,(H,25,28)/t21-,22-/m1/s1. The molecule has 7 heteroatoms. The number of nitrogens with one attached hydrogen (secondary N) is 1. The Bertz CT molecular complexity index is 987. The summed E-state index contributed by atoms with van der Waals surface area (Å²) < 4.78 is 12.5. The van der Waals surface area contributed by atoms with E-state index in [2.05, 4.69) is 21.2 Å². The number of aromatic hydroxyl groups is 1. The molecule has 0 saturated carbocycles. The maximum Gasteiger partial charge on any atom is 0.412 e. The van der Waals surface area contributed by atoms with E-state index in [-0.39, 0.29) is 12.4 Å². The minimum atomic E-state index is -0.780. The highest BCUT2D eigenvalue weighted by atomic mass is 79.9. The summed E-state index contributed by atoms with van der Waals surface area (Å²) in [4.78, 5) is 12.7. The number of aliphatic hydroxyl groups excluding tert-OH is 1. The Hall–Kier alpha value is -2.61. The van der Waals surface area contributed by atoms with Gasteiger partial charge in [0.1, 0.15) is 11.9 Å². The van der Waals surface area contributed by atoms with Crippen LogP contribution in [0.1, 0.15) is 25.0 Å². The van der Waals surface area contributed by atoms with Crippen molar-refractivity contribution in [2.24, 2.45) is 0 Å². The molecule has 3 N–H and O–H groups in total. The lowest BCUT2D eigenvalue weighted by Crippen LogP contribution is -2.30. The first-order valence-electron chi connectivity index (χ1n) is 9.69. The maximum atomic E-state index is 12.7. The van der Waals surface area contributed by atoms with Gasteiger partial charge >= 0.3 is 6.09 Å². The van der Waals surface area contributed by atoms with E-state index in [0.29, 0.717) is 29.7 Å². The molecule has 30 heavy (non-hydrogen) atoms. The van der Waals surface area contributed by atoms with Gasteiger partial charge in [0.2, 0.25) is 0 Å². The van der Waals surface area contributed by atoms with Crippen LogP contribution >= 0.6 is 15.9 Å². The van der Waals surface area contributed by atoms with Crippen LogP contribution in [-0.2, 0) is 9.47 Å². The van der Waals surface area contributed by atoms with E-state index in [1.54, 1.807) is 30.3 Å². The van der Waals surface area contributed by atoms with E-state index in [0.717, 1.165) is 9.86 Å². The molecule has 0 spiro atoms. The van der Waals surface area contributed by atoms with Crippen molar-refractivity contribution in [3.05, 3.63) is 70.7 Å². The van der Waals surface area contributed by atoms with Crippen molar-refractivity contribution < 1.29 is 24.5 Å². The van der Waals surface area contributed by atoms with Gasteiger partial charge in [0.05, 0.1) is 0 Å². The lowest BCUT2D eigenvalue weighted by atomic mass is 9.95. The number of carbonyl (C=O) groups excluding carboxylic acids is 1. The number of benzene rings is 3. The molecule has 0 heterocycles. The molecule has 158 valence electrons. The topological polar surface area (TPSA) is 88.0 Å². The van der Waals surface area contributed by atoms with Crippen LogP contribution in [0.4, 0.5) is 10.5 Å². The van der Waals surface area contributed by atoms with Crippen LogP contribution in [0.3, 0.4) is 0 Å². The van der Waals surface area contributed by atoms with E-state index in [9.17, 15) is 15.0 Å². The van der Waals surface area contributed by atoms with Crippen molar-refractivity contribution in [1.29, 1.82) is 0 Å². The van der Waals surface area contributed by atoms with Crippen LogP contribution in [0.25, 0.3) is 10.8 Å². The van der Waals surface area contributed by atoms with Gasteiger partial charge in [-0.1, -0.05) is 46.3 Å². The Balaban J connectivity index is 1.95. The number of halogens is 1. The van der Waals surface area contributed by atoms with Crippen LogP contribution in [0.2, 0.25) is 0 Å². The maximum absolute atomic E-state index is 12.7. The quantitative estimate of drug-likeness (QED) is 0.408. The van der Waals surface area contributed by atoms with Crippen molar-refractivity contribution in [3.8, 4) is 5.75 Å². The van der Waals surface area contributed by atoms with Gasteiger partial charge in [0.15, 0.2) is 6.10 Å². The first-order chi connectivity index (χ1) is 14.5. The lowest BCUT2D eigenvalue weighted by molar-refractivity contribution is -0.0478. The Morgan fingerprint density at radius 2 is 1.77 bits per heavy atom. The predicted octanol–water partition coefficient (Wildman–Crippen LogP) is 5.39. The number of aliphatic hydroxyl groups is 1. The average Bonchev–Trinajstić information content (AvgIpc) is 2.74. The van der Waals surface area contributed by atoms with Gasteiger partial charge in [-0.05, 0) is 42.6 Å². The van der Waals surface area contributed by atoms with Gasteiger partial charge in [-0.3, -0.25) is 5.32 Å². The number of ether oxygens (including phenoxy) is 2. The zero-order chi connectivity index (χ0) is 21.5. The Labute approximate surface area is 183 Å². The number of phenolic OH excluding ortho intramolecular Hbond substituents is 1. The summed E-state index contributed by atoms with van der Waals surface area (Å²) in [7, 11) is 0. The molecule has 2 atom stereocenters. The summed E-state index contributed by atoms with van der Waals surface area (Å²) >= 11 is 3.36. The summed E-state index contributed by atoms with van der Waals surface area (Å²) in [6, 6.07) is 17.8. The summed E-state index contributed by atoms with van der Waals surface area (Å²) in [6.45, 7) is 2.13. The molecule has 3 aromatic carbocycles. The number of hydrogen-bond donors (Lipinski definition) is 3. The van der Waals surface area contributed by atoms with Gasteiger partial charge < -0.3 is 19.7 Å². The zero-order valence-corrected chi connectivity index (χ0v) is 18.1. The summed E-state index contributed by atoms with van der Waals surface area (Å²) in [6.07, 6.45) is -1.68. The molecule has 6 nitrogen and oxygen atoms in total. The largest absolute Gasteiger partial charge is 0.507 e. The molecule has 0 unspecified atom stereocenters. The number of anilines is 1. The van der Waals surface area contributed by atoms with Gasteiger partial charge in [-0.2, -0.15) is 0 Å². The fourth-order valence-corrected chi connectivity index (χ4v) is 3.62. The monoisotopic (exact) mass is 473 g/mol. The minimum Gasteiger partial charge on any atom is -0.507 e. The number of phenols is 1. The van der Waals surface area contributed by atoms with Gasteiger partial charge in [-0.25, -0.2) is 4.79 Å². The second-order valence-corrected chi connectivity index (χ2v) is 7.60. The highest BCUT2D eigenvalue weighted by Crippen LogP contribution is 2.35. The first kappa shape index (κ1) is 22.1. The van der Waals surface area contributed by atoms with Crippen molar-refractivity contribution in [2.45, 2.75) is 25.6 Å². The summed E-state index contributed by atoms with van der Waals surface area (Å²) in [5.74, 6) is 0.141. The van der Waals surface area contributed by atoms with E-state index >= 15 is 0 Å². The van der Waals surface area contributed by atoms with Crippen LogP contribution in [0.15, 0.2) is 65.1 Å². The second kappa shape index (κ2) is 10.4. The van der Waals surface area contributed by atoms with Crippen LogP contribution in [0.5, 0.6) is 5.75 Å². The van der Waals surface area contributed by atoms with Crippen molar-refractivity contribution >= 4 is 38.5 Å². The molecule has 3 rings (SSSR count). The zero-order valence-electron chi connectivity index (χ0n) is 16.5. The predicted molar refractivity (Wildman–Crippen MR) is 120 cm³/mol. The van der Waals surface area contributed by atoms with E-state index in [1.165, 1.54) is 0 Å². The molecular weight excluding hydrogens is 450 g/mol. The molecule has 0 saturated heterocycles. The first-order valence-corrected chi connectivity index (χ1v) is 10.5. The molecule has 0 aliphatic heterocycles. The summed E-state index contributed by atoms with van der Waals surface area (Å²) in [5, 5.41) is 23.9. The van der Waals surface area contributed by atoms with Gasteiger partial charge in [-0.15, -0.1) is 0 Å². The van der Waals surface area contributed by atoms with E-state index in [4.69, 9.17) is 9.47 Å². The Morgan fingerprint density at radius 1 is 1.07 bits per heavy atom. The molecule has 1 amide bonds. The molecule has 0 aliphatic carbocycles. The number of hydrogen-bond acceptors (Lipinski definition) is 5. The fraction of sp³-hybridized carbons (Fsp3) is 0.261. The van der Waals surface area contributed by atoms with Crippen LogP contribution in [0, 0.1) is 0 Å². The van der Waals surface area contributed by atoms with E-state index in [1.807, 2.05) is 37.3 Å². The summed E-state index contributed by atoms with van der Waals surface area (Å²) in [5.41, 5.74) is 1.29. The Morgan fingerprint density at radius 3 is 2.43 bits per heavy atom.